The molecule has 0 aliphatic heterocycles. The lowest BCUT2D eigenvalue weighted by atomic mass is 10.0. The van der Waals surface area contributed by atoms with E-state index in [1.165, 1.54) is 12.1 Å². The summed E-state index contributed by atoms with van der Waals surface area (Å²) in [6, 6.07) is 31.7. The maximum Gasteiger partial charge on any atom is 0.412 e. The number of carbonyl (C=O) groups is 2. The van der Waals surface area contributed by atoms with Gasteiger partial charge in [-0.15, -0.1) is 0 Å². The zero-order valence-corrected chi connectivity index (χ0v) is 18.6. The molecule has 1 amide bonds. The maximum absolute atomic E-state index is 12.6. The second kappa shape index (κ2) is 9.57. The number of furan rings is 1. The molecule has 1 aromatic heterocycles. The number of carboxylic acids is 1. The number of hydrogen-bond donors (Lipinski definition) is 2. The first kappa shape index (κ1) is 22.0. The van der Waals surface area contributed by atoms with E-state index in [9.17, 15) is 14.7 Å². The summed E-state index contributed by atoms with van der Waals surface area (Å²) in [7, 11) is 0. The molecule has 6 nitrogen and oxygen atoms in total. The van der Waals surface area contributed by atoms with Crippen LogP contribution in [-0.4, -0.2) is 17.2 Å². The Morgan fingerprint density at radius 2 is 1.49 bits per heavy atom. The van der Waals surface area contributed by atoms with Crippen molar-refractivity contribution in [2.45, 2.75) is 6.61 Å². The molecule has 2 N–H and O–H groups in total. The van der Waals surface area contributed by atoms with Crippen molar-refractivity contribution in [2.24, 2.45) is 0 Å². The van der Waals surface area contributed by atoms with Gasteiger partial charge in [-0.2, -0.15) is 0 Å². The van der Waals surface area contributed by atoms with Gasteiger partial charge in [-0.05, 0) is 47.0 Å². The van der Waals surface area contributed by atoms with E-state index in [0.29, 0.717) is 22.6 Å². The van der Waals surface area contributed by atoms with E-state index in [2.05, 4.69) is 5.32 Å². The highest BCUT2D eigenvalue weighted by Crippen LogP contribution is 2.30. The summed E-state index contributed by atoms with van der Waals surface area (Å²) >= 11 is 0. The van der Waals surface area contributed by atoms with Gasteiger partial charge in [-0.1, -0.05) is 72.8 Å². The Labute approximate surface area is 201 Å². The van der Waals surface area contributed by atoms with Crippen LogP contribution in [0.3, 0.4) is 0 Å². The fourth-order valence-corrected chi connectivity index (χ4v) is 3.91. The summed E-state index contributed by atoms with van der Waals surface area (Å²) in [5, 5.41) is 12.9. The molecule has 0 aliphatic carbocycles. The summed E-state index contributed by atoms with van der Waals surface area (Å²) in [5.74, 6) is -0.582. The molecule has 4 aromatic carbocycles. The lowest BCUT2D eigenvalue weighted by Crippen LogP contribution is -2.14. The third-order valence-corrected chi connectivity index (χ3v) is 5.61. The lowest BCUT2D eigenvalue weighted by molar-refractivity contribution is 0.0696. The minimum Gasteiger partial charge on any atom is -0.478 e. The van der Waals surface area contributed by atoms with E-state index in [0.717, 1.165) is 22.1 Å². The van der Waals surface area contributed by atoms with Crippen molar-refractivity contribution < 1.29 is 23.8 Å². The number of fused-ring (bicyclic) bond motifs is 1. The average molecular weight is 463 g/mol. The highest BCUT2D eigenvalue weighted by Gasteiger charge is 2.14. The first-order valence-electron chi connectivity index (χ1n) is 11.0. The van der Waals surface area contributed by atoms with E-state index >= 15 is 0 Å². The van der Waals surface area contributed by atoms with E-state index in [1.54, 1.807) is 6.07 Å². The number of anilines is 1. The van der Waals surface area contributed by atoms with E-state index in [-0.39, 0.29) is 12.2 Å². The molecule has 0 bridgehead atoms. The third-order valence-electron chi connectivity index (χ3n) is 5.61. The molecule has 0 unspecified atom stereocenters. The van der Waals surface area contributed by atoms with Crippen molar-refractivity contribution in [1.82, 2.24) is 0 Å². The minimum absolute atomic E-state index is 0.0616. The largest absolute Gasteiger partial charge is 0.478 e. The van der Waals surface area contributed by atoms with Gasteiger partial charge in [0.25, 0.3) is 0 Å². The van der Waals surface area contributed by atoms with Crippen molar-refractivity contribution in [2.75, 3.05) is 5.32 Å². The number of ether oxygens (including phenoxy) is 1. The van der Waals surface area contributed by atoms with Crippen LogP contribution in [0.15, 0.2) is 108 Å². The van der Waals surface area contributed by atoms with Crippen LogP contribution in [0.1, 0.15) is 16.1 Å². The quantitative estimate of drug-likeness (QED) is 0.278. The topological polar surface area (TPSA) is 88.8 Å². The number of carboxylic acid groups (broad SMARTS) is 1. The standard InChI is InChI=1S/C29H21NO5/c31-28(32)22-11-13-25(20-9-5-2-6-10-20)26(17-22)30-29(33)34-18-24-16-23-15-21(12-14-27(23)35-24)19-7-3-1-4-8-19/h1-17H,18H2,(H,30,33)(H,31,32). The van der Waals surface area contributed by atoms with Crippen molar-refractivity contribution in [3.8, 4) is 22.3 Å². The zero-order valence-electron chi connectivity index (χ0n) is 18.6. The first-order valence-corrected chi connectivity index (χ1v) is 11.0. The van der Waals surface area contributed by atoms with E-state index < -0.39 is 12.1 Å². The van der Waals surface area contributed by atoms with Gasteiger partial charge in [-0.25, -0.2) is 9.59 Å². The third kappa shape index (κ3) is 4.91. The molecule has 172 valence electrons. The number of carbonyl (C=O) groups excluding carboxylic acids is 1. The Morgan fingerprint density at radius 3 is 2.20 bits per heavy atom. The monoisotopic (exact) mass is 463 g/mol. The van der Waals surface area contributed by atoms with Crippen LogP contribution in [0.2, 0.25) is 0 Å². The summed E-state index contributed by atoms with van der Waals surface area (Å²) < 4.78 is 11.2. The second-order valence-electron chi connectivity index (χ2n) is 7.96. The van der Waals surface area contributed by atoms with Gasteiger partial charge in [-0.3, -0.25) is 5.32 Å². The van der Waals surface area contributed by atoms with Gasteiger partial charge in [0, 0.05) is 10.9 Å². The average Bonchev–Trinajstić information content (AvgIpc) is 3.31. The Hall–Kier alpha value is -4.84. The van der Waals surface area contributed by atoms with E-state index in [1.807, 2.05) is 84.9 Å². The van der Waals surface area contributed by atoms with Gasteiger partial charge in [0.05, 0.1) is 11.3 Å². The van der Waals surface area contributed by atoms with Gasteiger partial charge in [0.1, 0.15) is 11.3 Å². The SMILES string of the molecule is O=C(Nc1cc(C(=O)O)ccc1-c1ccccc1)OCc1cc2cc(-c3ccccc3)ccc2o1. The molecule has 1 heterocycles. The minimum atomic E-state index is -1.09. The number of amides is 1. The molecule has 5 rings (SSSR count). The van der Waals surface area contributed by atoms with Crippen LogP contribution in [-0.2, 0) is 11.3 Å². The molecule has 0 saturated carbocycles. The molecule has 0 spiro atoms. The summed E-state index contributed by atoms with van der Waals surface area (Å²) in [5.41, 5.74) is 4.80. The van der Waals surface area contributed by atoms with Crippen molar-refractivity contribution in [3.63, 3.8) is 0 Å². The molecular formula is C29H21NO5. The Morgan fingerprint density at radius 1 is 0.771 bits per heavy atom. The maximum atomic E-state index is 12.6. The van der Waals surface area contributed by atoms with Gasteiger partial charge in [0.15, 0.2) is 6.61 Å². The Bertz CT molecular complexity index is 1510. The number of rotatable bonds is 6. The molecule has 0 saturated heterocycles. The van der Waals surface area contributed by atoms with Crippen LogP contribution in [0.4, 0.5) is 10.5 Å². The van der Waals surface area contributed by atoms with E-state index in [4.69, 9.17) is 9.15 Å². The van der Waals surface area contributed by atoms with Gasteiger partial charge >= 0.3 is 12.1 Å². The smallest absolute Gasteiger partial charge is 0.412 e. The summed E-state index contributed by atoms with van der Waals surface area (Å²) in [6.45, 7) is -0.0690. The van der Waals surface area contributed by atoms with Crippen LogP contribution < -0.4 is 5.32 Å². The second-order valence-corrected chi connectivity index (χ2v) is 7.96. The number of aromatic carboxylic acids is 1. The Kier molecular flexibility index (Phi) is 6.01. The highest BCUT2D eigenvalue weighted by atomic mass is 16.6. The molecular weight excluding hydrogens is 442 g/mol. The predicted molar refractivity (Wildman–Crippen MR) is 134 cm³/mol. The molecule has 6 heteroatoms. The fourth-order valence-electron chi connectivity index (χ4n) is 3.91. The summed E-state index contributed by atoms with van der Waals surface area (Å²) in [4.78, 5) is 24.0. The number of nitrogens with one attached hydrogen (secondary N) is 1. The molecule has 0 radical (unpaired) electrons. The molecule has 0 fully saturated rings. The zero-order chi connectivity index (χ0) is 24.2. The molecule has 35 heavy (non-hydrogen) atoms. The Balaban J connectivity index is 1.32. The van der Waals surface area contributed by atoms with Gasteiger partial charge < -0.3 is 14.3 Å². The van der Waals surface area contributed by atoms with Crippen molar-refractivity contribution in [1.29, 1.82) is 0 Å². The lowest BCUT2D eigenvalue weighted by Gasteiger charge is -2.12. The highest BCUT2D eigenvalue weighted by molar-refractivity contribution is 5.96. The van der Waals surface area contributed by atoms with Crippen LogP contribution >= 0.6 is 0 Å². The van der Waals surface area contributed by atoms with Gasteiger partial charge in [0.2, 0.25) is 0 Å². The molecule has 5 aromatic rings. The first-order chi connectivity index (χ1) is 17.1. The fraction of sp³-hybridized carbons (Fsp3) is 0.0345. The predicted octanol–water partition coefficient (Wildman–Crippen LogP) is 7.21. The van der Waals surface area contributed by atoms with Crippen molar-refractivity contribution in [3.05, 3.63) is 114 Å². The summed E-state index contributed by atoms with van der Waals surface area (Å²) in [6.07, 6.45) is -0.713. The van der Waals surface area contributed by atoms with Crippen LogP contribution in [0.5, 0.6) is 0 Å². The number of hydrogen-bond acceptors (Lipinski definition) is 4. The van der Waals surface area contributed by atoms with Crippen molar-refractivity contribution >= 4 is 28.7 Å². The van der Waals surface area contributed by atoms with Crippen LogP contribution in [0, 0.1) is 0 Å². The normalized spacial score (nSPS) is 10.7. The molecule has 0 atom stereocenters. The van der Waals surface area contributed by atoms with Crippen LogP contribution in [0.25, 0.3) is 33.2 Å². The molecule has 0 aliphatic rings. The number of benzene rings is 4.